The summed E-state index contributed by atoms with van der Waals surface area (Å²) in [7, 11) is -2.02. The van der Waals surface area contributed by atoms with E-state index in [2.05, 4.69) is 4.72 Å². The summed E-state index contributed by atoms with van der Waals surface area (Å²) in [5.41, 5.74) is 1.61. The molecule has 1 unspecified atom stereocenters. The van der Waals surface area contributed by atoms with Crippen molar-refractivity contribution in [3.8, 4) is 5.75 Å². The molecule has 2 rings (SSSR count). The largest absolute Gasteiger partial charge is 0.497 e. The molecule has 158 valence electrons. The van der Waals surface area contributed by atoms with Gasteiger partial charge in [0.1, 0.15) is 5.75 Å². The highest BCUT2D eigenvalue weighted by Gasteiger charge is 2.19. The minimum atomic E-state index is -3.64. The summed E-state index contributed by atoms with van der Waals surface area (Å²) in [6.45, 7) is 6.90. The van der Waals surface area contributed by atoms with E-state index in [4.69, 9.17) is 4.74 Å². The normalized spacial score (nSPS) is 12.4. The van der Waals surface area contributed by atoms with Gasteiger partial charge in [-0.15, -0.1) is 0 Å². The first-order valence-corrected chi connectivity index (χ1v) is 11.3. The third kappa shape index (κ3) is 6.30. The molecule has 0 radical (unpaired) electrons. The molecule has 1 N–H and O–H groups in total. The summed E-state index contributed by atoms with van der Waals surface area (Å²) in [4.78, 5) is 14.2. The molecule has 29 heavy (non-hydrogen) atoms. The lowest BCUT2D eigenvalue weighted by Gasteiger charge is -2.19. The van der Waals surface area contributed by atoms with E-state index < -0.39 is 10.0 Å². The van der Waals surface area contributed by atoms with Gasteiger partial charge in [0.05, 0.1) is 12.0 Å². The standard InChI is InChI=1S/C22H30N2O4S/c1-5-24(6-2)22(25)19-11-15-21(16-12-19)29(26,27)23-17(3)7-8-18-9-13-20(28-4)14-10-18/h9-17,23H,5-8H2,1-4H3. The number of nitrogens with one attached hydrogen (secondary N) is 1. The Balaban J connectivity index is 1.97. The van der Waals surface area contributed by atoms with Crippen LogP contribution in [0.15, 0.2) is 53.4 Å². The summed E-state index contributed by atoms with van der Waals surface area (Å²) in [6.07, 6.45) is 1.43. The molecule has 0 aliphatic carbocycles. The van der Waals surface area contributed by atoms with E-state index in [0.717, 1.165) is 17.7 Å². The molecule has 7 heteroatoms. The highest BCUT2D eigenvalue weighted by Crippen LogP contribution is 2.16. The Morgan fingerprint density at radius 1 is 1.03 bits per heavy atom. The van der Waals surface area contributed by atoms with Crippen molar-refractivity contribution in [1.82, 2.24) is 9.62 Å². The van der Waals surface area contributed by atoms with Crippen molar-refractivity contribution in [3.63, 3.8) is 0 Å². The van der Waals surface area contributed by atoms with Crippen molar-refractivity contribution in [3.05, 3.63) is 59.7 Å². The van der Waals surface area contributed by atoms with E-state index in [-0.39, 0.29) is 16.8 Å². The van der Waals surface area contributed by atoms with Crippen LogP contribution in [0.25, 0.3) is 0 Å². The lowest BCUT2D eigenvalue weighted by atomic mass is 10.1. The zero-order valence-corrected chi connectivity index (χ0v) is 18.3. The maximum Gasteiger partial charge on any atom is 0.253 e. The maximum absolute atomic E-state index is 12.6. The van der Waals surface area contributed by atoms with Gasteiger partial charge < -0.3 is 9.64 Å². The first kappa shape index (κ1) is 22.9. The Morgan fingerprint density at radius 2 is 1.62 bits per heavy atom. The molecule has 0 aliphatic heterocycles. The predicted molar refractivity (Wildman–Crippen MR) is 115 cm³/mol. The van der Waals surface area contributed by atoms with E-state index in [0.29, 0.717) is 25.1 Å². The summed E-state index contributed by atoms with van der Waals surface area (Å²) < 4.78 is 33.1. The lowest BCUT2D eigenvalue weighted by Crippen LogP contribution is -2.33. The second-order valence-electron chi connectivity index (χ2n) is 6.91. The van der Waals surface area contributed by atoms with Crippen LogP contribution >= 0.6 is 0 Å². The summed E-state index contributed by atoms with van der Waals surface area (Å²) in [6, 6.07) is 13.6. The maximum atomic E-state index is 12.6. The third-order valence-corrected chi connectivity index (χ3v) is 6.45. The van der Waals surface area contributed by atoms with Crippen LogP contribution in [0.5, 0.6) is 5.75 Å². The Hall–Kier alpha value is -2.38. The van der Waals surface area contributed by atoms with Gasteiger partial charge in [-0.05, 0) is 75.6 Å². The fraction of sp³-hybridized carbons (Fsp3) is 0.409. The molecule has 0 saturated heterocycles. The minimum absolute atomic E-state index is 0.0974. The molecule has 0 spiro atoms. The van der Waals surface area contributed by atoms with E-state index in [1.165, 1.54) is 12.1 Å². The van der Waals surface area contributed by atoms with Gasteiger partial charge in [-0.1, -0.05) is 12.1 Å². The van der Waals surface area contributed by atoms with E-state index in [1.54, 1.807) is 24.1 Å². The van der Waals surface area contributed by atoms with Gasteiger partial charge in [0.25, 0.3) is 5.91 Å². The summed E-state index contributed by atoms with van der Waals surface area (Å²) in [5.74, 6) is 0.699. The first-order valence-electron chi connectivity index (χ1n) is 9.85. The number of ether oxygens (including phenoxy) is 1. The fourth-order valence-electron chi connectivity index (χ4n) is 3.04. The molecule has 2 aromatic rings. The number of carbonyl (C=O) groups is 1. The van der Waals surface area contributed by atoms with Gasteiger partial charge in [-0.2, -0.15) is 0 Å². The summed E-state index contributed by atoms with van der Waals surface area (Å²) >= 11 is 0. The summed E-state index contributed by atoms with van der Waals surface area (Å²) in [5, 5.41) is 0. The average molecular weight is 419 g/mol. The number of hydrogen-bond donors (Lipinski definition) is 1. The van der Waals surface area contributed by atoms with Crippen LogP contribution in [0.3, 0.4) is 0 Å². The topological polar surface area (TPSA) is 75.7 Å². The number of amides is 1. The van der Waals surface area contributed by atoms with Crippen molar-refractivity contribution in [2.45, 2.75) is 44.6 Å². The molecule has 0 saturated carbocycles. The minimum Gasteiger partial charge on any atom is -0.497 e. The second kappa shape index (κ2) is 10.4. The molecule has 1 atom stereocenters. The molecule has 6 nitrogen and oxygen atoms in total. The van der Waals surface area contributed by atoms with Crippen molar-refractivity contribution in [2.24, 2.45) is 0 Å². The number of aryl methyl sites for hydroxylation is 1. The zero-order chi connectivity index (χ0) is 21.4. The Kier molecular flexibility index (Phi) is 8.22. The van der Waals surface area contributed by atoms with Crippen molar-refractivity contribution in [2.75, 3.05) is 20.2 Å². The molecule has 1 amide bonds. The van der Waals surface area contributed by atoms with Crippen molar-refractivity contribution < 1.29 is 17.9 Å². The van der Waals surface area contributed by atoms with Crippen LogP contribution in [0.2, 0.25) is 0 Å². The molecular weight excluding hydrogens is 388 g/mol. The molecule has 0 fully saturated rings. The van der Waals surface area contributed by atoms with E-state index in [1.807, 2.05) is 45.0 Å². The second-order valence-corrected chi connectivity index (χ2v) is 8.62. The first-order chi connectivity index (χ1) is 13.8. The Morgan fingerprint density at radius 3 is 2.14 bits per heavy atom. The monoisotopic (exact) mass is 418 g/mol. The smallest absolute Gasteiger partial charge is 0.253 e. The van der Waals surface area contributed by atoms with Crippen LogP contribution in [0.4, 0.5) is 0 Å². The number of nitrogens with zero attached hydrogens (tertiary/aromatic N) is 1. The highest BCUT2D eigenvalue weighted by atomic mass is 32.2. The van der Waals surface area contributed by atoms with Crippen LogP contribution < -0.4 is 9.46 Å². The Bertz CT molecular complexity index is 889. The number of sulfonamides is 1. The quantitative estimate of drug-likeness (QED) is 0.641. The van der Waals surface area contributed by atoms with Crippen LogP contribution in [0.1, 0.15) is 43.1 Å². The van der Waals surface area contributed by atoms with Crippen LogP contribution in [-0.2, 0) is 16.4 Å². The molecular formula is C22H30N2O4S. The molecule has 0 aliphatic rings. The molecule has 0 bridgehead atoms. The van der Waals surface area contributed by atoms with E-state index >= 15 is 0 Å². The molecule has 0 aromatic heterocycles. The van der Waals surface area contributed by atoms with E-state index in [9.17, 15) is 13.2 Å². The third-order valence-electron chi connectivity index (χ3n) is 4.84. The number of benzene rings is 2. The zero-order valence-electron chi connectivity index (χ0n) is 17.5. The van der Waals surface area contributed by atoms with Gasteiger partial charge in [0, 0.05) is 24.7 Å². The van der Waals surface area contributed by atoms with Gasteiger partial charge in [-0.3, -0.25) is 4.79 Å². The highest BCUT2D eigenvalue weighted by molar-refractivity contribution is 7.89. The lowest BCUT2D eigenvalue weighted by molar-refractivity contribution is 0.0773. The van der Waals surface area contributed by atoms with Gasteiger partial charge >= 0.3 is 0 Å². The average Bonchev–Trinajstić information content (AvgIpc) is 2.73. The van der Waals surface area contributed by atoms with Crippen LogP contribution in [-0.4, -0.2) is 45.5 Å². The number of methoxy groups -OCH3 is 1. The molecule has 0 heterocycles. The number of rotatable bonds is 10. The van der Waals surface area contributed by atoms with Crippen molar-refractivity contribution in [1.29, 1.82) is 0 Å². The fourth-order valence-corrected chi connectivity index (χ4v) is 4.32. The van der Waals surface area contributed by atoms with Crippen molar-refractivity contribution >= 4 is 15.9 Å². The van der Waals surface area contributed by atoms with Gasteiger partial charge in [0.15, 0.2) is 0 Å². The van der Waals surface area contributed by atoms with Crippen LogP contribution in [0, 0.1) is 0 Å². The Labute approximate surface area is 173 Å². The number of hydrogen-bond acceptors (Lipinski definition) is 4. The predicted octanol–water partition coefficient (Wildman–Crippen LogP) is 3.48. The SMILES string of the molecule is CCN(CC)C(=O)c1ccc(S(=O)(=O)NC(C)CCc2ccc(OC)cc2)cc1. The molecule has 2 aromatic carbocycles. The van der Waals surface area contributed by atoms with Gasteiger partial charge in [-0.25, -0.2) is 13.1 Å². The number of carbonyl (C=O) groups excluding carboxylic acids is 1. The van der Waals surface area contributed by atoms with Gasteiger partial charge in [0.2, 0.25) is 10.0 Å².